The maximum atomic E-state index is 12.6. The van der Waals surface area contributed by atoms with E-state index in [1.807, 2.05) is 6.92 Å². The summed E-state index contributed by atoms with van der Waals surface area (Å²) < 4.78 is 38.3. The first-order valence-electron chi connectivity index (χ1n) is 4.78. The predicted molar refractivity (Wildman–Crippen MR) is 59.1 cm³/mol. The molecule has 1 nitrogen and oxygen atoms in total. The molecule has 0 saturated heterocycles. The molecule has 0 aliphatic heterocycles. The van der Waals surface area contributed by atoms with E-state index >= 15 is 0 Å². The van der Waals surface area contributed by atoms with Crippen LogP contribution in [-0.4, -0.2) is 11.3 Å². The van der Waals surface area contributed by atoms with E-state index in [9.17, 15) is 18.3 Å². The normalized spacial score (nSPS) is 15.9. The van der Waals surface area contributed by atoms with Gasteiger partial charge in [-0.1, -0.05) is 35.0 Å². The van der Waals surface area contributed by atoms with Crippen molar-refractivity contribution in [1.29, 1.82) is 0 Å². The molecule has 0 saturated carbocycles. The van der Waals surface area contributed by atoms with Gasteiger partial charge in [0, 0.05) is 4.47 Å². The summed E-state index contributed by atoms with van der Waals surface area (Å²) in [4.78, 5) is 0. The largest absolute Gasteiger partial charge is 0.421 e. The average Bonchev–Trinajstić information content (AvgIpc) is 2.15. The van der Waals surface area contributed by atoms with Gasteiger partial charge in [-0.3, -0.25) is 0 Å². The molecule has 1 rings (SSSR count). The number of rotatable bonds is 2. The second-order valence-corrected chi connectivity index (χ2v) is 4.58. The molecule has 0 aliphatic rings. The first-order valence-corrected chi connectivity index (χ1v) is 5.57. The third kappa shape index (κ3) is 2.40. The zero-order chi connectivity index (χ0) is 12.6. The van der Waals surface area contributed by atoms with E-state index < -0.39 is 11.8 Å². The molecule has 0 fully saturated rings. The third-order valence-electron chi connectivity index (χ3n) is 2.55. The molecule has 90 valence electrons. The van der Waals surface area contributed by atoms with Crippen molar-refractivity contribution >= 4 is 15.9 Å². The Morgan fingerprint density at radius 2 is 1.88 bits per heavy atom. The molecule has 1 N–H and O–H groups in total. The molecule has 16 heavy (non-hydrogen) atoms. The van der Waals surface area contributed by atoms with Crippen LogP contribution in [0.25, 0.3) is 0 Å². The molecular weight excluding hydrogens is 285 g/mol. The highest BCUT2D eigenvalue weighted by Gasteiger charge is 2.51. The monoisotopic (exact) mass is 296 g/mol. The molecule has 0 aliphatic carbocycles. The van der Waals surface area contributed by atoms with Crippen LogP contribution >= 0.6 is 15.9 Å². The van der Waals surface area contributed by atoms with Crippen LogP contribution in [0.4, 0.5) is 13.2 Å². The molecule has 0 spiro atoms. The number of hydrogen-bond donors (Lipinski definition) is 1. The van der Waals surface area contributed by atoms with Gasteiger partial charge in [0.15, 0.2) is 5.60 Å². The summed E-state index contributed by atoms with van der Waals surface area (Å²) in [5.74, 6) is 0. The fourth-order valence-electron chi connectivity index (χ4n) is 1.30. The molecule has 0 bridgehead atoms. The van der Waals surface area contributed by atoms with Gasteiger partial charge < -0.3 is 5.11 Å². The van der Waals surface area contributed by atoms with Crippen LogP contribution in [0.15, 0.2) is 22.7 Å². The minimum Gasteiger partial charge on any atom is -0.376 e. The highest BCUT2D eigenvalue weighted by molar-refractivity contribution is 9.10. The van der Waals surface area contributed by atoms with Crippen LogP contribution in [0.2, 0.25) is 0 Å². The Hall–Kier alpha value is -0.550. The van der Waals surface area contributed by atoms with Crippen LogP contribution in [-0.2, 0) is 12.0 Å². The molecular formula is C11H12BrF3O. The first kappa shape index (κ1) is 13.5. The van der Waals surface area contributed by atoms with Crippen molar-refractivity contribution in [3.63, 3.8) is 0 Å². The van der Waals surface area contributed by atoms with E-state index in [0.717, 1.165) is 18.9 Å². The number of aliphatic hydroxyl groups is 1. The highest BCUT2D eigenvalue weighted by Crippen LogP contribution is 2.39. The zero-order valence-electron chi connectivity index (χ0n) is 8.90. The number of halogens is 4. The Bertz CT molecular complexity index is 385. The van der Waals surface area contributed by atoms with Gasteiger partial charge in [0.05, 0.1) is 0 Å². The fourth-order valence-corrected chi connectivity index (χ4v) is 1.96. The second kappa shape index (κ2) is 4.37. The third-order valence-corrected chi connectivity index (χ3v) is 3.29. The van der Waals surface area contributed by atoms with Gasteiger partial charge in [-0.2, -0.15) is 13.2 Å². The van der Waals surface area contributed by atoms with Crippen molar-refractivity contribution in [2.24, 2.45) is 0 Å². The Balaban J connectivity index is 3.20. The van der Waals surface area contributed by atoms with Crippen molar-refractivity contribution in [3.8, 4) is 0 Å². The van der Waals surface area contributed by atoms with Gasteiger partial charge >= 0.3 is 6.18 Å². The standard InChI is InChI=1S/C11H12BrF3O/c1-3-7-4-5-8(6-9(7)12)10(2,16)11(13,14)15/h4-6,16H,3H2,1-2H3. The smallest absolute Gasteiger partial charge is 0.376 e. The zero-order valence-corrected chi connectivity index (χ0v) is 10.5. The molecule has 0 radical (unpaired) electrons. The Kier molecular flexibility index (Phi) is 3.69. The van der Waals surface area contributed by atoms with Crippen LogP contribution in [0, 0.1) is 0 Å². The van der Waals surface area contributed by atoms with Crippen molar-refractivity contribution in [2.45, 2.75) is 32.0 Å². The first-order chi connectivity index (χ1) is 7.20. The van der Waals surface area contributed by atoms with Crippen molar-refractivity contribution in [2.75, 3.05) is 0 Å². The lowest BCUT2D eigenvalue weighted by atomic mass is 9.94. The van der Waals surface area contributed by atoms with E-state index in [0.29, 0.717) is 4.47 Å². The van der Waals surface area contributed by atoms with Gasteiger partial charge in [-0.05, 0) is 30.5 Å². The topological polar surface area (TPSA) is 20.2 Å². The minimum atomic E-state index is -4.68. The molecule has 1 atom stereocenters. The van der Waals surface area contributed by atoms with E-state index in [-0.39, 0.29) is 5.56 Å². The van der Waals surface area contributed by atoms with E-state index in [4.69, 9.17) is 0 Å². The van der Waals surface area contributed by atoms with Gasteiger partial charge in [-0.15, -0.1) is 0 Å². The van der Waals surface area contributed by atoms with Crippen LogP contribution < -0.4 is 0 Å². The minimum absolute atomic E-state index is 0.163. The lowest BCUT2D eigenvalue weighted by molar-refractivity contribution is -0.258. The van der Waals surface area contributed by atoms with E-state index in [2.05, 4.69) is 15.9 Å². The van der Waals surface area contributed by atoms with Gasteiger partial charge in [0.25, 0.3) is 0 Å². The Morgan fingerprint density at radius 1 is 1.31 bits per heavy atom. The average molecular weight is 297 g/mol. The summed E-state index contributed by atoms with van der Waals surface area (Å²) in [6.45, 7) is 2.65. The molecule has 0 aromatic heterocycles. The second-order valence-electron chi connectivity index (χ2n) is 3.73. The number of alkyl halides is 3. The number of hydrogen-bond acceptors (Lipinski definition) is 1. The summed E-state index contributed by atoms with van der Waals surface area (Å²) in [5.41, 5.74) is -2.08. The van der Waals surface area contributed by atoms with Crippen LogP contribution in [0.1, 0.15) is 25.0 Å². The quantitative estimate of drug-likeness (QED) is 0.880. The van der Waals surface area contributed by atoms with Crippen molar-refractivity contribution < 1.29 is 18.3 Å². The van der Waals surface area contributed by atoms with Crippen LogP contribution in [0.3, 0.4) is 0 Å². The Labute approximate surface area is 100 Å². The summed E-state index contributed by atoms with van der Waals surface area (Å²) in [7, 11) is 0. The maximum Gasteiger partial charge on any atom is 0.421 e. The summed E-state index contributed by atoms with van der Waals surface area (Å²) >= 11 is 3.19. The molecule has 1 unspecified atom stereocenters. The molecule has 1 aromatic carbocycles. The number of benzene rings is 1. The van der Waals surface area contributed by atoms with Gasteiger partial charge in [0.2, 0.25) is 0 Å². The van der Waals surface area contributed by atoms with Gasteiger partial charge in [0.1, 0.15) is 0 Å². The summed E-state index contributed by atoms with van der Waals surface area (Å²) in [6.07, 6.45) is -3.96. The highest BCUT2D eigenvalue weighted by atomic mass is 79.9. The molecule has 5 heteroatoms. The van der Waals surface area contributed by atoms with Crippen molar-refractivity contribution in [3.05, 3.63) is 33.8 Å². The van der Waals surface area contributed by atoms with Gasteiger partial charge in [-0.25, -0.2) is 0 Å². The van der Waals surface area contributed by atoms with Crippen molar-refractivity contribution in [1.82, 2.24) is 0 Å². The SMILES string of the molecule is CCc1ccc(C(C)(O)C(F)(F)F)cc1Br. The lowest BCUT2D eigenvalue weighted by Gasteiger charge is -2.27. The summed E-state index contributed by atoms with van der Waals surface area (Å²) in [5, 5.41) is 9.46. The van der Waals surface area contributed by atoms with E-state index in [1.165, 1.54) is 12.1 Å². The lowest BCUT2D eigenvalue weighted by Crippen LogP contribution is -2.39. The predicted octanol–water partition coefficient (Wildman–Crippen LogP) is 3.78. The molecule has 1 aromatic rings. The molecule has 0 heterocycles. The Morgan fingerprint density at radius 3 is 2.25 bits per heavy atom. The number of aryl methyl sites for hydroxylation is 1. The fraction of sp³-hybridized carbons (Fsp3) is 0.455. The van der Waals surface area contributed by atoms with Crippen LogP contribution in [0.5, 0.6) is 0 Å². The summed E-state index contributed by atoms with van der Waals surface area (Å²) in [6, 6.07) is 4.20. The van der Waals surface area contributed by atoms with E-state index in [1.54, 1.807) is 6.07 Å². The molecule has 0 amide bonds. The maximum absolute atomic E-state index is 12.6.